The van der Waals surface area contributed by atoms with Gasteiger partial charge < -0.3 is 4.74 Å². The third-order valence-corrected chi connectivity index (χ3v) is 4.33. The summed E-state index contributed by atoms with van der Waals surface area (Å²) in [4.78, 5) is 0. The summed E-state index contributed by atoms with van der Waals surface area (Å²) in [7, 11) is 0. The molecule has 1 aliphatic carbocycles. The lowest BCUT2D eigenvalue weighted by Crippen LogP contribution is -2.01. The highest BCUT2D eigenvalue weighted by Gasteiger charge is 2.26. The topological polar surface area (TPSA) is 29.1 Å². The number of hydrogen-bond acceptors (Lipinski definition) is 1. The highest BCUT2D eigenvalue weighted by Crippen LogP contribution is 2.46. The molecule has 0 heterocycles. The minimum absolute atomic E-state index is 0.102. The Kier molecular flexibility index (Phi) is 4.47. The first-order valence-electron chi connectivity index (χ1n) is 7.96. The molecule has 2 aromatic carbocycles. The summed E-state index contributed by atoms with van der Waals surface area (Å²) in [5, 5.41) is 12.5. The van der Waals surface area contributed by atoms with E-state index in [0.717, 1.165) is 35.5 Å². The predicted octanol–water partition coefficient (Wildman–Crippen LogP) is 6.01. The van der Waals surface area contributed by atoms with Gasteiger partial charge in [-0.2, -0.15) is 0 Å². The monoisotopic (exact) mass is 293 g/mol. The van der Waals surface area contributed by atoms with Crippen molar-refractivity contribution in [2.45, 2.75) is 38.0 Å². The molecule has 0 saturated heterocycles. The van der Waals surface area contributed by atoms with Gasteiger partial charge in [0, 0.05) is 5.56 Å². The maximum Gasteiger partial charge on any atom is 0.185 e. The average molecular weight is 293 g/mol. The lowest BCUT2D eigenvalue weighted by atomic mass is 9.92. The highest BCUT2D eigenvalue weighted by atomic mass is 16.5. The standard InChI is InChI=1S/C20H21O2/c1-2-8-16-13-14-18(21)19(15-9-6-7-10-15)20(16)22-17-11-4-3-5-12-17/h2-5,11-15H,1,6-10H2. The van der Waals surface area contributed by atoms with Gasteiger partial charge in [-0.05, 0) is 48.9 Å². The molecule has 1 radical (unpaired) electrons. The lowest BCUT2D eigenvalue weighted by molar-refractivity contribution is 0.340. The lowest BCUT2D eigenvalue weighted by Gasteiger charge is -2.19. The van der Waals surface area contributed by atoms with Crippen LogP contribution in [-0.2, 0) is 11.5 Å². The fraction of sp³-hybridized carbons (Fsp3) is 0.300. The molecular weight excluding hydrogens is 272 g/mol. The van der Waals surface area contributed by atoms with Gasteiger partial charge in [0.25, 0.3) is 0 Å². The number of hydrogen-bond donors (Lipinski definition) is 0. The normalized spacial score (nSPS) is 14.9. The fourth-order valence-electron chi connectivity index (χ4n) is 3.27. The number of allylic oxidation sites excluding steroid dienone is 1. The molecule has 3 rings (SSSR count). The zero-order chi connectivity index (χ0) is 15.4. The SMILES string of the molecule is C=CCc1ccc([O])c(C2CCCC2)c1Oc1ccccc1. The van der Waals surface area contributed by atoms with Crippen LogP contribution in [0.4, 0.5) is 0 Å². The van der Waals surface area contributed by atoms with E-state index in [1.807, 2.05) is 42.5 Å². The zero-order valence-corrected chi connectivity index (χ0v) is 12.8. The van der Waals surface area contributed by atoms with Crippen LogP contribution in [-0.4, -0.2) is 0 Å². The Labute approximate surface area is 132 Å². The first kappa shape index (κ1) is 14.7. The van der Waals surface area contributed by atoms with Crippen LogP contribution < -0.4 is 4.74 Å². The van der Waals surface area contributed by atoms with Crippen molar-refractivity contribution in [3.63, 3.8) is 0 Å². The van der Waals surface area contributed by atoms with Gasteiger partial charge in [-0.15, -0.1) is 6.58 Å². The second-order valence-corrected chi connectivity index (χ2v) is 5.85. The Bertz CT molecular complexity index is 640. The molecule has 0 N–H and O–H groups in total. The van der Waals surface area contributed by atoms with E-state index in [4.69, 9.17) is 4.74 Å². The van der Waals surface area contributed by atoms with Gasteiger partial charge in [0.1, 0.15) is 11.5 Å². The number of ether oxygens (including phenoxy) is 1. The van der Waals surface area contributed by atoms with Crippen molar-refractivity contribution in [2.75, 3.05) is 0 Å². The molecule has 0 atom stereocenters. The minimum atomic E-state index is 0.102. The van der Waals surface area contributed by atoms with Gasteiger partial charge in [0.05, 0.1) is 0 Å². The van der Waals surface area contributed by atoms with E-state index in [2.05, 4.69) is 6.58 Å². The van der Waals surface area contributed by atoms with Crippen LogP contribution >= 0.6 is 0 Å². The molecule has 0 bridgehead atoms. The Hall–Kier alpha value is -2.22. The summed E-state index contributed by atoms with van der Waals surface area (Å²) < 4.78 is 6.14. The summed E-state index contributed by atoms with van der Waals surface area (Å²) >= 11 is 0. The Morgan fingerprint density at radius 1 is 1.09 bits per heavy atom. The van der Waals surface area contributed by atoms with Crippen LogP contribution in [0.5, 0.6) is 17.2 Å². The Balaban J connectivity index is 2.06. The quantitative estimate of drug-likeness (QED) is 0.621. The van der Waals surface area contributed by atoms with Gasteiger partial charge in [0.2, 0.25) is 0 Å². The van der Waals surface area contributed by atoms with E-state index < -0.39 is 0 Å². The predicted molar refractivity (Wildman–Crippen MR) is 88.2 cm³/mol. The second kappa shape index (κ2) is 6.69. The molecule has 2 heteroatoms. The molecule has 1 fully saturated rings. The van der Waals surface area contributed by atoms with E-state index in [1.165, 1.54) is 12.8 Å². The summed E-state index contributed by atoms with van der Waals surface area (Å²) in [5.41, 5.74) is 1.90. The minimum Gasteiger partial charge on any atom is -0.457 e. The van der Waals surface area contributed by atoms with Crippen molar-refractivity contribution >= 4 is 0 Å². The molecule has 1 aliphatic rings. The maximum absolute atomic E-state index is 12.5. The first-order valence-corrected chi connectivity index (χ1v) is 7.96. The third-order valence-electron chi connectivity index (χ3n) is 4.33. The summed E-state index contributed by atoms with van der Waals surface area (Å²) in [6.45, 7) is 3.82. The van der Waals surface area contributed by atoms with Gasteiger partial charge in [-0.25, -0.2) is 0 Å². The van der Waals surface area contributed by atoms with E-state index in [-0.39, 0.29) is 5.75 Å². The first-order chi connectivity index (χ1) is 10.8. The van der Waals surface area contributed by atoms with Crippen LogP contribution in [0.1, 0.15) is 42.7 Å². The molecule has 0 aliphatic heterocycles. The number of para-hydroxylation sites is 1. The zero-order valence-electron chi connectivity index (χ0n) is 12.8. The van der Waals surface area contributed by atoms with Gasteiger partial charge >= 0.3 is 0 Å². The molecule has 0 unspecified atom stereocenters. The smallest absolute Gasteiger partial charge is 0.185 e. The molecule has 113 valence electrons. The van der Waals surface area contributed by atoms with Crippen LogP contribution in [0.2, 0.25) is 0 Å². The molecule has 0 amide bonds. The second-order valence-electron chi connectivity index (χ2n) is 5.85. The third kappa shape index (κ3) is 3.01. The van der Waals surface area contributed by atoms with E-state index in [9.17, 15) is 5.11 Å². The van der Waals surface area contributed by atoms with Crippen LogP contribution in [0.15, 0.2) is 55.1 Å². The molecule has 2 aromatic rings. The van der Waals surface area contributed by atoms with E-state index in [1.54, 1.807) is 6.07 Å². The van der Waals surface area contributed by atoms with Crippen LogP contribution in [0.3, 0.4) is 0 Å². The van der Waals surface area contributed by atoms with Gasteiger partial charge in [0.15, 0.2) is 5.75 Å². The molecular formula is C20H21O2. The van der Waals surface area contributed by atoms with Crippen molar-refractivity contribution in [3.05, 3.63) is 66.2 Å². The average Bonchev–Trinajstić information content (AvgIpc) is 3.05. The molecule has 2 nitrogen and oxygen atoms in total. The summed E-state index contributed by atoms with van der Waals surface area (Å²) in [6, 6.07) is 13.3. The van der Waals surface area contributed by atoms with E-state index in [0.29, 0.717) is 12.3 Å². The molecule has 22 heavy (non-hydrogen) atoms. The van der Waals surface area contributed by atoms with Crippen molar-refractivity contribution in [1.82, 2.24) is 0 Å². The van der Waals surface area contributed by atoms with Crippen molar-refractivity contribution in [2.24, 2.45) is 0 Å². The van der Waals surface area contributed by atoms with E-state index >= 15 is 0 Å². The van der Waals surface area contributed by atoms with Gasteiger partial charge in [-0.3, -0.25) is 5.11 Å². The van der Waals surface area contributed by atoms with Gasteiger partial charge in [-0.1, -0.05) is 43.2 Å². The molecule has 0 aromatic heterocycles. The maximum atomic E-state index is 12.5. The van der Waals surface area contributed by atoms with Crippen molar-refractivity contribution in [3.8, 4) is 17.2 Å². The number of rotatable bonds is 5. The van der Waals surface area contributed by atoms with Crippen molar-refractivity contribution < 1.29 is 9.84 Å². The number of benzene rings is 2. The van der Waals surface area contributed by atoms with Crippen molar-refractivity contribution in [1.29, 1.82) is 0 Å². The molecule has 0 spiro atoms. The Morgan fingerprint density at radius 3 is 2.50 bits per heavy atom. The Morgan fingerprint density at radius 2 is 1.82 bits per heavy atom. The van der Waals surface area contributed by atoms with Crippen LogP contribution in [0.25, 0.3) is 0 Å². The fourth-order valence-corrected chi connectivity index (χ4v) is 3.27. The largest absolute Gasteiger partial charge is 0.457 e. The highest BCUT2D eigenvalue weighted by molar-refractivity contribution is 5.53. The molecule has 1 saturated carbocycles. The van der Waals surface area contributed by atoms with Crippen LogP contribution in [0, 0.1) is 0 Å². The summed E-state index contributed by atoms with van der Waals surface area (Å²) in [6.07, 6.45) is 7.12. The summed E-state index contributed by atoms with van der Waals surface area (Å²) in [5.74, 6) is 1.96.